The summed E-state index contributed by atoms with van der Waals surface area (Å²) in [6.07, 6.45) is 0. The smallest absolute Gasteiger partial charge is 0.248 e. The lowest BCUT2D eigenvalue weighted by Crippen LogP contribution is -2.09. The molecule has 0 unspecified atom stereocenters. The molecule has 0 aliphatic rings. The highest BCUT2D eigenvalue weighted by Crippen LogP contribution is 2.29. The number of hydrogen-bond donors (Lipinski definition) is 1. The molecule has 0 bridgehead atoms. The molecule has 1 N–H and O–H groups in total. The van der Waals surface area contributed by atoms with E-state index in [2.05, 4.69) is 4.98 Å². The van der Waals surface area contributed by atoms with Gasteiger partial charge in [-0.15, -0.1) is 0 Å². The summed E-state index contributed by atoms with van der Waals surface area (Å²) in [5.74, 6) is 0. The molecule has 0 aliphatic carbocycles. The summed E-state index contributed by atoms with van der Waals surface area (Å²) in [7, 11) is 0. The Hall–Kier alpha value is -1.23. The zero-order valence-electron chi connectivity index (χ0n) is 8.94. The molecule has 0 atom stereocenters. The Morgan fingerprint density at radius 2 is 1.89 bits per heavy atom. The number of carbonyl (C=O) groups is 1. The van der Waals surface area contributed by atoms with Gasteiger partial charge in [-0.05, 0) is 36.0 Å². The monoisotopic (exact) mass is 299 g/mol. The number of aromatic amines is 1. The number of hydrogen-bond acceptors (Lipinski definition) is 3. The Balaban J connectivity index is 2.21. The highest BCUT2D eigenvalue weighted by atomic mass is 35.5. The molecule has 0 fully saturated rings. The van der Waals surface area contributed by atoms with E-state index in [0.717, 1.165) is 11.8 Å². The summed E-state index contributed by atoms with van der Waals surface area (Å²) in [6.45, 7) is 0. The van der Waals surface area contributed by atoms with Crippen LogP contribution >= 0.6 is 35.0 Å². The predicted molar refractivity (Wildman–Crippen MR) is 73.7 cm³/mol. The van der Waals surface area contributed by atoms with Crippen molar-refractivity contribution in [2.24, 2.45) is 0 Å². The summed E-state index contributed by atoms with van der Waals surface area (Å²) in [5.41, 5.74) is -0.0610. The van der Waals surface area contributed by atoms with E-state index in [1.807, 2.05) is 0 Å². The molecule has 0 radical (unpaired) electrons. The fraction of sp³-hybridized carbons (Fsp3) is 0. The first-order valence-corrected chi connectivity index (χ1v) is 6.50. The van der Waals surface area contributed by atoms with Gasteiger partial charge in [0.05, 0.1) is 15.7 Å². The van der Waals surface area contributed by atoms with Gasteiger partial charge < -0.3 is 4.98 Å². The van der Waals surface area contributed by atoms with Crippen molar-refractivity contribution < 1.29 is 4.79 Å². The van der Waals surface area contributed by atoms with E-state index < -0.39 is 0 Å². The Kier molecular flexibility index (Phi) is 4.11. The van der Waals surface area contributed by atoms with Crippen LogP contribution in [0.1, 0.15) is 10.5 Å². The van der Waals surface area contributed by atoms with Crippen molar-refractivity contribution in [2.45, 2.75) is 4.90 Å². The molecule has 0 amide bonds. The predicted octanol–water partition coefficient (Wildman–Crippen LogP) is 3.61. The minimum absolute atomic E-state index is 0.249. The lowest BCUT2D eigenvalue weighted by Gasteiger charge is -2.02. The van der Waals surface area contributed by atoms with E-state index in [1.54, 1.807) is 24.3 Å². The molecule has 3 nitrogen and oxygen atoms in total. The average Bonchev–Trinajstić information content (AvgIpc) is 2.34. The van der Waals surface area contributed by atoms with Gasteiger partial charge in [-0.25, -0.2) is 0 Å². The Bertz CT molecular complexity index is 655. The van der Waals surface area contributed by atoms with Crippen molar-refractivity contribution in [3.8, 4) is 0 Å². The molecule has 0 spiro atoms. The molecular weight excluding hydrogens is 293 g/mol. The van der Waals surface area contributed by atoms with E-state index in [0.29, 0.717) is 14.9 Å². The molecule has 92 valence electrons. The summed E-state index contributed by atoms with van der Waals surface area (Å²) in [6, 6.07) is 9.34. The molecule has 18 heavy (non-hydrogen) atoms. The lowest BCUT2D eigenvalue weighted by molar-refractivity contribution is 0.108. The second-order valence-corrected chi connectivity index (χ2v) is 5.25. The minimum Gasteiger partial charge on any atom is -0.319 e. The van der Waals surface area contributed by atoms with Crippen LogP contribution in [0.4, 0.5) is 0 Å². The molecule has 0 saturated heterocycles. The van der Waals surface area contributed by atoms with Crippen molar-refractivity contribution in [3.05, 3.63) is 62.5 Å². The third kappa shape index (κ3) is 3.16. The normalized spacial score (nSPS) is 10.3. The van der Waals surface area contributed by atoms with E-state index in [4.69, 9.17) is 23.2 Å². The zero-order valence-corrected chi connectivity index (χ0v) is 11.3. The van der Waals surface area contributed by atoms with Gasteiger partial charge in [-0.3, -0.25) is 9.59 Å². The maximum Gasteiger partial charge on any atom is 0.248 e. The molecule has 1 aromatic heterocycles. The SMILES string of the molecule is O=C(Sc1ccc(Cl)c(Cl)c1)c1cccc(=O)[nH]1. The average molecular weight is 300 g/mol. The van der Waals surface area contributed by atoms with Crippen LogP contribution in [0.3, 0.4) is 0 Å². The Morgan fingerprint density at radius 3 is 2.56 bits per heavy atom. The number of nitrogens with one attached hydrogen (secondary N) is 1. The van der Waals surface area contributed by atoms with E-state index in [-0.39, 0.29) is 16.4 Å². The van der Waals surface area contributed by atoms with Crippen LogP contribution in [0.5, 0.6) is 0 Å². The van der Waals surface area contributed by atoms with Crippen LogP contribution in [0.2, 0.25) is 10.0 Å². The second kappa shape index (κ2) is 5.61. The van der Waals surface area contributed by atoms with Gasteiger partial charge in [-0.2, -0.15) is 0 Å². The number of halogens is 2. The molecule has 0 saturated carbocycles. The molecule has 2 aromatic rings. The summed E-state index contributed by atoms with van der Waals surface area (Å²) in [4.78, 5) is 26.1. The number of pyridine rings is 1. The molecular formula is C12H7Cl2NO2S. The Labute approximate surface area is 117 Å². The van der Waals surface area contributed by atoms with Crippen LogP contribution in [-0.4, -0.2) is 10.1 Å². The van der Waals surface area contributed by atoms with Crippen molar-refractivity contribution in [2.75, 3.05) is 0 Å². The van der Waals surface area contributed by atoms with Gasteiger partial charge in [0.1, 0.15) is 0 Å². The second-order valence-electron chi connectivity index (χ2n) is 3.39. The topological polar surface area (TPSA) is 49.9 Å². The van der Waals surface area contributed by atoms with Crippen LogP contribution < -0.4 is 5.56 Å². The van der Waals surface area contributed by atoms with E-state index >= 15 is 0 Å². The van der Waals surface area contributed by atoms with Crippen molar-refractivity contribution in [3.63, 3.8) is 0 Å². The number of thioether (sulfide) groups is 1. The molecule has 1 heterocycles. The number of H-pyrrole nitrogens is 1. The zero-order chi connectivity index (χ0) is 13.1. The van der Waals surface area contributed by atoms with E-state index in [9.17, 15) is 9.59 Å². The largest absolute Gasteiger partial charge is 0.319 e. The third-order valence-electron chi connectivity index (χ3n) is 2.09. The first kappa shape index (κ1) is 13.2. The molecule has 1 aromatic carbocycles. The summed E-state index contributed by atoms with van der Waals surface area (Å²) in [5, 5.41) is 0.559. The van der Waals surface area contributed by atoms with Crippen LogP contribution in [-0.2, 0) is 0 Å². The highest BCUT2D eigenvalue weighted by Gasteiger charge is 2.10. The van der Waals surface area contributed by atoms with Gasteiger partial charge in [0, 0.05) is 11.0 Å². The number of benzene rings is 1. The van der Waals surface area contributed by atoms with Gasteiger partial charge in [0.25, 0.3) is 0 Å². The third-order valence-corrected chi connectivity index (χ3v) is 3.72. The fourth-order valence-electron chi connectivity index (χ4n) is 1.27. The van der Waals surface area contributed by atoms with Gasteiger partial charge in [-0.1, -0.05) is 29.3 Å². The quantitative estimate of drug-likeness (QED) is 0.862. The van der Waals surface area contributed by atoms with Crippen LogP contribution in [0.15, 0.2) is 46.1 Å². The van der Waals surface area contributed by atoms with Crippen molar-refractivity contribution >= 4 is 40.1 Å². The first-order chi connectivity index (χ1) is 8.56. The summed E-state index contributed by atoms with van der Waals surface area (Å²) >= 11 is 12.6. The lowest BCUT2D eigenvalue weighted by atomic mass is 10.4. The van der Waals surface area contributed by atoms with Crippen molar-refractivity contribution in [1.29, 1.82) is 0 Å². The fourth-order valence-corrected chi connectivity index (χ4v) is 2.39. The van der Waals surface area contributed by atoms with Gasteiger partial charge in [0.15, 0.2) is 0 Å². The minimum atomic E-state index is -0.310. The van der Waals surface area contributed by atoms with Crippen molar-refractivity contribution in [1.82, 2.24) is 4.98 Å². The summed E-state index contributed by atoms with van der Waals surface area (Å²) < 4.78 is 0. The van der Waals surface area contributed by atoms with E-state index in [1.165, 1.54) is 12.1 Å². The number of aromatic nitrogens is 1. The maximum atomic E-state index is 11.9. The maximum absolute atomic E-state index is 11.9. The number of rotatable bonds is 2. The molecule has 2 rings (SSSR count). The number of carbonyl (C=O) groups excluding carboxylic acids is 1. The van der Waals surface area contributed by atoms with Crippen LogP contribution in [0.25, 0.3) is 0 Å². The highest BCUT2D eigenvalue weighted by molar-refractivity contribution is 8.14. The van der Waals surface area contributed by atoms with Gasteiger partial charge >= 0.3 is 0 Å². The standard InChI is InChI=1S/C12H7Cl2NO2S/c13-8-5-4-7(6-9(8)14)18-12(17)10-2-1-3-11(16)15-10/h1-6H,(H,15,16). The molecule has 0 aliphatic heterocycles. The van der Waals surface area contributed by atoms with Gasteiger partial charge in [0.2, 0.25) is 10.7 Å². The first-order valence-electron chi connectivity index (χ1n) is 4.93. The Morgan fingerprint density at radius 1 is 1.11 bits per heavy atom. The van der Waals surface area contributed by atoms with Crippen LogP contribution in [0, 0.1) is 0 Å². The molecule has 6 heteroatoms.